The lowest BCUT2D eigenvalue weighted by molar-refractivity contribution is -0.137. The molecule has 0 bridgehead atoms. The summed E-state index contributed by atoms with van der Waals surface area (Å²) in [5.41, 5.74) is 0.797. The van der Waals surface area contributed by atoms with Gasteiger partial charge in [0.15, 0.2) is 23.0 Å². The van der Waals surface area contributed by atoms with Crippen LogP contribution in [0.4, 0.5) is 24.8 Å². The summed E-state index contributed by atoms with van der Waals surface area (Å²) in [6.07, 6.45) is -2.83. The van der Waals surface area contributed by atoms with Crippen LogP contribution in [0.3, 0.4) is 0 Å². The number of anilines is 2. The Balaban J connectivity index is 1.72. The van der Waals surface area contributed by atoms with Gasteiger partial charge in [0.2, 0.25) is 11.7 Å². The summed E-state index contributed by atoms with van der Waals surface area (Å²) >= 11 is 0. The number of methoxy groups -OCH3 is 3. The van der Waals surface area contributed by atoms with Gasteiger partial charge in [-0.1, -0.05) is 0 Å². The number of hydrogen-bond donors (Lipinski definition) is 1. The smallest absolute Gasteiger partial charge is 0.416 e. The van der Waals surface area contributed by atoms with Gasteiger partial charge in [-0.3, -0.25) is 0 Å². The maximum absolute atomic E-state index is 12.8. The molecule has 0 aliphatic heterocycles. The maximum atomic E-state index is 12.8. The molecule has 32 heavy (non-hydrogen) atoms. The first-order chi connectivity index (χ1) is 15.3. The second kappa shape index (κ2) is 8.25. The largest absolute Gasteiger partial charge is 0.493 e. The van der Waals surface area contributed by atoms with E-state index >= 15 is 0 Å². The molecular weight excluding hydrogens is 427 g/mol. The Morgan fingerprint density at radius 1 is 0.906 bits per heavy atom. The van der Waals surface area contributed by atoms with Gasteiger partial charge in [0.05, 0.1) is 26.9 Å². The Labute approximate surface area is 180 Å². The molecule has 0 aliphatic carbocycles. The van der Waals surface area contributed by atoms with E-state index in [1.54, 1.807) is 24.4 Å². The molecule has 11 heteroatoms. The minimum absolute atomic E-state index is 0.200. The molecule has 0 amide bonds. The van der Waals surface area contributed by atoms with Crippen LogP contribution in [0.15, 0.2) is 48.7 Å². The number of ether oxygens (including phenoxy) is 3. The van der Waals surface area contributed by atoms with Crippen LogP contribution in [0.1, 0.15) is 5.56 Å². The van der Waals surface area contributed by atoms with E-state index in [0.717, 1.165) is 12.1 Å². The molecule has 2 aromatic carbocycles. The number of hydrogen-bond acceptors (Lipinski definition) is 7. The van der Waals surface area contributed by atoms with Crippen LogP contribution < -0.4 is 19.5 Å². The molecule has 0 radical (unpaired) electrons. The molecule has 0 aliphatic rings. The highest BCUT2D eigenvalue weighted by atomic mass is 19.4. The normalized spacial score (nSPS) is 11.4. The van der Waals surface area contributed by atoms with Crippen LogP contribution in [0, 0.1) is 0 Å². The van der Waals surface area contributed by atoms with Crippen LogP contribution in [0.2, 0.25) is 0 Å². The first kappa shape index (κ1) is 21.2. The Bertz CT molecular complexity index is 1230. The van der Waals surface area contributed by atoms with Crippen molar-refractivity contribution in [3.8, 4) is 28.6 Å². The average molecular weight is 445 g/mol. The van der Waals surface area contributed by atoms with Crippen LogP contribution in [-0.2, 0) is 6.18 Å². The Morgan fingerprint density at radius 2 is 1.56 bits per heavy atom. The van der Waals surface area contributed by atoms with Gasteiger partial charge in [-0.05, 0) is 36.4 Å². The van der Waals surface area contributed by atoms with Crippen LogP contribution >= 0.6 is 0 Å². The van der Waals surface area contributed by atoms with Gasteiger partial charge in [-0.15, -0.1) is 5.10 Å². The highest BCUT2D eigenvalue weighted by Gasteiger charge is 2.30. The van der Waals surface area contributed by atoms with Crippen molar-refractivity contribution in [3.63, 3.8) is 0 Å². The molecule has 0 atom stereocenters. The van der Waals surface area contributed by atoms with Gasteiger partial charge in [0.1, 0.15) is 0 Å². The van der Waals surface area contributed by atoms with Gasteiger partial charge in [-0.2, -0.15) is 22.7 Å². The predicted molar refractivity (Wildman–Crippen MR) is 111 cm³/mol. The van der Waals surface area contributed by atoms with E-state index in [4.69, 9.17) is 14.2 Å². The molecular formula is C21H18F3N5O3. The average Bonchev–Trinajstić information content (AvgIpc) is 3.20. The topological polar surface area (TPSA) is 82.8 Å². The second-order valence-electron chi connectivity index (χ2n) is 6.59. The van der Waals surface area contributed by atoms with Crippen molar-refractivity contribution in [2.45, 2.75) is 6.18 Å². The number of fused-ring (bicyclic) bond motifs is 1. The Kier molecular flexibility index (Phi) is 5.47. The van der Waals surface area contributed by atoms with Gasteiger partial charge < -0.3 is 19.5 Å². The lowest BCUT2D eigenvalue weighted by Gasteiger charge is -2.14. The summed E-state index contributed by atoms with van der Waals surface area (Å²) in [6, 6.07) is 9.72. The van der Waals surface area contributed by atoms with E-state index in [1.165, 1.54) is 38.0 Å². The summed E-state index contributed by atoms with van der Waals surface area (Å²) in [4.78, 5) is 8.77. The van der Waals surface area contributed by atoms with Gasteiger partial charge >= 0.3 is 6.18 Å². The molecule has 0 saturated carbocycles. The highest BCUT2D eigenvalue weighted by molar-refractivity contribution is 5.68. The first-order valence-electron chi connectivity index (χ1n) is 9.30. The van der Waals surface area contributed by atoms with E-state index in [2.05, 4.69) is 20.4 Å². The third-order valence-corrected chi connectivity index (χ3v) is 4.64. The van der Waals surface area contributed by atoms with E-state index in [1.807, 2.05) is 0 Å². The molecule has 0 saturated heterocycles. The van der Waals surface area contributed by atoms with Crippen LogP contribution in [-0.4, -0.2) is 40.9 Å². The monoisotopic (exact) mass is 445 g/mol. The fourth-order valence-corrected chi connectivity index (χ4v) is 3.15. The summed E-state index contributed by atoms with van der Waals surface area (Å²) < 4.78 is 56.0. The lowest BCUT2D eigenvalue weighted by atomic mass is 10.1. The number of nitrogens with zero attached hydrogens (tertiary/aromatic N) is 4. The molecule has 0 spiro atoms. The summed E-state index contributed by atoms with van der Waals surface area (Å²) in [6.45, 7) is 0. The van der Waals surface area contributed by atoms with Gasteiger partial charge in [0, 0.05) is 23.5 Å². The molecule has 0 fully saturated rings. The van der Waals surface area contributed by atoms with E-state index in [0.29, 0.717) is 40.0 Å². The van der Waals surface area contributed by atoms with E-state index < -0.39 is 11.7 Å². The maximum Gasteiger partial charge on any atom is 0.416 e. The predicted octanol–water partition coefficient (Wildman–Crippen LogP) is 4.58. The van der Waals surface area contributed by atoms with Crippen molar-refractivity contribution in [2.75, 3.05) is 26.6 Å². The molecule has 2 heterocycles. The van der Waals surface area contributed by atoms with Crippen molar-refractivity contribution in [1.82, 2.24) is 19.6 Å². The van der Waals surface area contributed by atoms with Crippen molar-refractivity contribution in [3.05, 3.63) is 54.2 Å². The second-order valence-corrected chi connectivity index (χ2v) is 6.59. The van der Waals surface area contributed by atoms with Crippen molar-refractivity contribution >= 4 is 17.3 Å². The number of alkyl halides is 3. The van der Waals surface area contributed by atoms with Gasteiger partial charge in [0.25, 0.3) is 0 Å². The van der Waals surface area contributed by atoms with Crippen molar-refractivity contribution < 1.29 is 27.4 Å². The third kappa shape index (κ3) is 3.96. The van der Waals surface area contributed by atoms with E-state index in [-0.39, 0.29) is 5.95 Å². The minimum atomic E-state index is -4.40. The summed E-state index contributed by atoms with van der Waals surface area (Å²) in [7, 11) is 4.53. The SMILES string of the molecule is COc1cc(-c2nccc3nc(Nc4ccc(C(F)(F)F)cc4)nn23)cc(OC)c1OC. The van der Waals surface area contributed by atoms with E-state index in [9.17, 15) is 13.2 Å². The molecule has 8 nitrogen and oxygen atoms in total. The zero-order chi connectivity index (χ0) is 22.9. The summed E-state index contributed by atoms with van der Waals surface area (Å²) in [5, 5.41) is 7.31. The molecule has 4 rings (SSSR count). The Morgan fingerprint density at radius 3 is 2.12 bits per heavy atom. The molecule has 0 unspecified atom stereocenters. The van der Waals surface area contributed by atoms with Crippen LogP contribution in [0.25, 0.3) is 17.0 Å². The van der Waals surface area contributed by atoms with Crippen molar-refractivity contribution in [1.29, 1.82) is 0 Å². The zero-order valence-electron chi connectivity index (χ0n) is 17.3. The standard InChI is InChI=1S/C21H18F3N5O3/c1-30-15-10-12(11-16(31-2)18(15)32-3)19-25-9-8-17-27-20(28-29(17)19)26-14-6-4-13(5-7-14)21(22,23)24/h4-11H,1-3H3,(H,26,28). The number of aromatic nitrogens is 4. The number of benzene rings is 2. The first-order valence-corrected chi connectivity index (χ1v) is 9.30. The molecule has 166 valence electrons. The highest BCUT2D eigenvalue weighted by Crippen LogP contribution is 2.40. The Hall–Kier alpha value is -4.02. The minimum Gasteiger partial charge on any atom is -0.493 e. The number of nitrogens with one attached hydrogen (secondary N) is 1. The third-order valence-electron chi connectivity index (χ3n) is 4.64. The number of rotatable bonds is 6. The molecule has 1 N–H and O–H groups in total. The lowest BCUT2D eigenvalue weighted by Crippen LogP contribution is -2.04. The zero-order valence-corrected chi connectivity index (χ0v) is 17.3. The van der Waals surface area contributed by atoms with Gasteiger partial charge in [-0.25, -0.2) is 4.98 Å². The van der Waals surface area contributed by atoms with Crippen molar-refractivity contribution in [2.24, 2.45) is 0 Å². The number of halogens is 3. The summed E-state index contributed by atoms with van der Waals surface area (Å²) in [5.74, 6) is 1.99. The molecule has 4 aromatic rings. The quantitative estimate of drug-likeness (QED) is 0.465. The fourth-order valence-electron chi connectivity index (χ4n) is 3.15. The molecule has 2 aromatic heterocycles. The van der Waals surface area contributed by atoms with Crippen LogP contribution in [0.5, 0.6) is 17.2 Å². The fraction of sp³-hybridized carbons (Fsp3) is 0.190.